The molecule has 0 bridgehead atoms. The molecule has 0 unspecified atom stereocenters. The monoisotopic (exact) mass is 666 g/mol. The number of aliphatic hydroxyl groups is 1. The summed E-state index contributed by atoms with van der Waals surface area (Å²) in [5.41, 5.74) is 21.5. The number of carbonyl (C=O) groups is 7. The zero-order valence-electron chi connectivity index (χ0n) is 25.4. The molecule has 6 amide bonds. The fourth-order valence-electron chi connectivity index (χ4n) is 3.92. The zero-order valence-corrected chi connectivity index (χ0v) is 25.4. The lowest BCUT2D eigenvalue weighted by Crippen LogP contribution is -2.58. The summed E-state index contributed by atoms with van der Waals surface area (Å²) in [6.07, 6.45) is -0.534. The topological polar surface area (TPSA) is 357 Å². The van der Waals surface area contributed by atoms with Crippen molar-refractivity contribution in [3.8, 4) is 5.75 Å². The van der Waals surface area contributed by atoms with Gasteiger partial charge in [0.2, 0.25) is 35.4 Å². The Bertz CT molecular complexity index is 1290. The number of nitrogens with one attached hydrogen (secondary N) is 5. The Labute approximate surface area is 269 Å². The minimum Gasteiger partial charge on any atom is -0.508 e. The number of nitrogens with two attached hydrogens (primary N) is 4. The molecule has 1 aromatic rings. The van der Waals surface area contributed by atoms with Gasteiger partial charge < -0.3 is 64.8 Å². The summed E-state index contributed by atoms with van der Waals surface area (Å²) >= 11 is 0. The quantitative estimate of drug-likeness (QED) is 0.0331. The van der Waals surface area contributed by atoms with Crippen molar-refractivity contribution in [2.45, 2.75) is 56.3 Å². The third kappa shape index (κ3) is 15.9. The predicted octanol–water partition coefficient (Wildman–Crippen LogP) is -5.66. The van der Waals surface area contributed by atoms with E-state index in [2.05, 4.69) is 31.6 Å². The molecule has 1 aromatic carbocycles. The van der Waals surface area contributed by atoms with Gasteiger partial charge in [-0.1, -0.05) is 12.1 Å². The molecule has 4 atom stereocenters. The second kappa shape index (κ2) is 20.5. The molecule has 0 aliphatic carbocycles. The van der Waals surface area contributed by atoms with Crippen LogP contribution in [0.5, 0.6) is 5.75 Å². The summed E-state index contributed by atoms with van der Waals surface area (Å²) in [4.78, 5) is 89.8. The van der Waals surface area contributed by atoms with Crippen LogP contribution < -0.4 is 49.5 Å². The molecule has 20 heteroatoms. The number of carboxylic acids is 1. The van der Waals surface area contributed by atoms with Crippen LogP contribution in [0.1, 0.15) is 31.2 Å². The molecule has 0 saturated heterocycles. The lowest BCUT2D eigenvalue weighted by molar-refractivity contribution is -0.142. The number of hydrogen-bond donors (Lipinski definition) is 12. The minimum absolute atomic E-state index is 0.0516. The van der Waals surface area contributed by atoms with E-state index in [1.807, 2.05) is 0 Å². The van der Waals surface area contributed by atoms with Crippen LogP contribution in [0.3, 0.4) is 0 Å². The van der Waals surface area contributed by atoms with Gasteiger partial charge in [0.15, 0.2) is 5.96 Å². The summed E-state index contributed by atoms with van der Waals surface area (Å²) in [5, 5.41) is 40.1. The van der Waals surface area contributed by atoms with E-state index in [0.29, 0.717) is 5.56 Å². The number of phenolic OH excluding ortho intramolecular Hbond substituents is 1. The first-order valence-electron chi connectivity index (χ1n) is 14.3. The Morgan fingerprint density at radius 1 is 0.766 bits per heavy atom. The Morgan fingerprint density at radius 3 is 1.89 bits per heavy atom. The molecule has 1 rings (SSSR count). The maximum Gasteiger partial charge on any atom is 0.326 e. The van der Waals surface area contributed by atoms with Crippen molar-refractivity contribution in [3.05, 3.63) is 29.8 Å². The highest BCUT2D eigenvalue weighted by Gasteiger charge is 2.30. The van der Waals surface area contributed by atoms with E-state index in [1.165, 1.54) is 24.3 Å². The van der Waals surface area contributed by atoms with Crippen LogP contribution in [-0.2, 0) is 40.0 Å². The molecule has 16 N–H and O–H groups in total. The molecule has 0 aliphatic rings. The third-order valence-electron chi connectivity index (χ3n) is 6.34. The molecule has 0 radical (unpaired) electrons. The number of amides is 6. The van der Waals surface area contributed by atoms with E-state index >= 15 is 0 Å². The largest absolute Gasteiger partial charge is 0.508 e. The van der Waals surface area contributed by atoms with E-state index in [-0.39, 0.29) is 50.4 Å². The number of aliphatic hydroxyl groups excluding tert-OH is 1. The van der Waals surface area contributed by atoms with Gasteiger partial charge in [-0.15, -0.1) is 0 Å². The second-order valence-corrected chi connectivity index (χ2v) is 10.1. The number of aliphatic imine (C=N–C) groups is 1. The molecule has 0 aromatic heterocycles. The van der Waals surface area contributed by atoms with E-state index in [1.54, 1.807) is 0 Å². The minimum atomic E-state index is -1.66. The summed E-state index contributed by atoms with van der Waals surface area (Å²) < 4.78 is 0. The van der Waals surface area contributed by atoms with E-state index in [0.717, 1.165) is 0 Å². The number of rotatable bonds is 21. The molecule has 0 spiro atoms. The molecular weight excluding hydrogens is 624 g/mol. The maximum absolute atomic E-state index is 13.0. The number of nitrogens with zero attached hydrogens (tertiary/aromatic N) is 1. The summed E-state index contributed by atoms with van der Waals surface area (Å²) in [6.45, 7) is -1.89. The zero-order chi connectivity index (χ0) is 35.5. The number of hydrogen-bond acceptors (Lipinski definition) is 11. The third-order valence-corrected chi connectivity index (χ3v) is 6.34. The van der Waals surface area contributed by atoms with Crippen molar-refractivity contribution in [1.82, 2.24) is 26.6 Å². The molecule has 0 heterocycles. The Morgan fingerprint density at radius 2 is 1.34 bits per heavy atom. The molecule has 47 heavy (non-hydrogen) atoms. The molecule has 0 aliphatic heterocycles. The number of primary amides is 1. The highest BCUT2D eigenvalue weighted by molar-refractivity contribution is 5.95. The molecule has 20 nitrogen and oxygen atoms in total. The van der Waals surface area contributed by atoms with Crippen molar-refractivity contribution in [3.63, 3.8) is 0 Å². The molecular formula is C27H42N10O10. The average Bonchev–Trinajstić information content (AvgIpc) is 3.01. The number of guanidine groups is 1. The summed E-state index contributed by atoms with van der Waals surface area (Å²) in [6, 6.07) is -0.171. The number of aromatic hydroxyl groups is 1. The first kappa shape index (κ1) is 39.5. The van der Waals surface area contributed by atoms with E-state index < -0.39 is 85.3 Å². The van der Waals surface area contributed by atoms with E-state index in [9.17, 15) is 48.9 Å². The van der Waals surface area contributed by atoms with Crippen molar-refractivity contribution in [1.29, 1.82) is 0 Å². The van der Waals surface area contributed by atoms with Crippen LogP contribution in [0, 0.1) is 0 Å². The maximum atomic E-state index is 13.0. The normalized spacial score (nSPS) is 13.1. The molecule has 0 saturated carbocycles. The lowest BCUT2D eigenvalue weighted by Gasteiger charge is -2.23. The van der Waals surface area contributed by atoms with Gasteiger partial charge >= 0.3 is 5.97 Å². The fraction of sp³-hybridized carbons (Fsp3) is 0.481. The van der Waals surface area contributed by atoms with Crippen LogP contribution in [0.2, 0.25) is 0 Å². The highest BCUT2D eigenvalue weighted by atomic mass is 16.4. The van der Waals surface area contributed by atoms with Crippen LogP contribution in [0.4, 0.5) is 0 Å². The molecule has 0 fully saturated rings. The van der Waals surface area contributed by atoms with Gasteiger partial charge in [0.05, 0.1) is 19.7 Å². The Hall–Kier alpha value is -5.50. The van der Waals surface area contributed by atoms with Gasteiger partial charge in [0.1, 0.15) is 29.9 Å². The number of carboxylic acid groups (broad SMARTS) is 1. The van der Waals surface area contributed by atoms with Gasteiger partial charge in [-0.3, -0.25) is 33.8 Å². The first-order valence-corrected chi connectivity index (χ1v) is 14.3. The standard InChI is InChI=1S/C27H42N10O10/c28-11-21(41)34-16(2-1-9-32-27(30)31)23(43)33-12-22(42)35-17(7-8-20(29)40)24(44)37-19(13-38)25(45)36-18(26(46)47)10-14-3-5-15(39)6-4-14/h3-6,16-19,38-39H,1-2,7-13,28H2,(H2,29,40)(H,33,43)(H,34,41)(H,35,42)(H,36,45)(H,37,44)(H,46,47)(H4,30,31,32)/t16-,17-,18-,19-/m0/s1. The predicted molar refractivity (Wildman–Crippen MR) is 165 cm³/mol. The van der Waals surface area contributed by atoms with Crippen molar-refractivity contribution >= 4 is 47.4 Å². The number of phenols is 1. The first-order chi connectivity index (χ1) is 22.2. The fourth-order valence-corrected chi connectivity index (χ4v) is 3.92. The van der Waals surface area contributed by atoms with Gasteiger partial charge in [0.25, 0.3) is 0 Å². The second-order valence-electron chi connectivity index (χ2n) is 10.1. The van der Waals surface area contributed by atoms with Crippen LogP contribution in [0.25, 0.3) is 0 Å². The van der Waals surface area contributed by atoms with Crippen molar-refractivity contribution in [2.24, 2.45) is 27.9 Å². The smallest absolute Gasteiger partial charge is 0.326 e. The lowest BCUT2D eigenvalue weighted by atomic mass is 10.1. The summed E-state index contributed by atoms with van der Waals surface area (Å²) in [5.74, 6) is -6.85. The van der Waals surface area contributed by atoms with Gasteiger partial charge in [-0.25, -0.2) is 4.79 Å². The SMILES string of the molecule is NCC(=O)N[C@@H](CCCN=C(N)N)C(=O)NCC(=O)N[C@@H](CCC(N)=O)C(=O)N[C@@H](CO)C(=O)N[C@@H](Cc1ccc(O)cc1)C(=O)O. The Kier molecular flexibility index (Phi) is 17.3. The number of aliphatic carboxylic acids is 1. The van der Waals surface area contributed by atoms with Crippen LogP contribution in [-0.4, -0.2) is 113 Å². The average molecular weight is 667 g/mol. The molecule has 260 valence electrons. The summed E-state index contributed by atoms with van der Waals surface area (Å²) in [7, 11) is 0. The van der Waals surface area contributed by atoms with Gasteiger partial charge in [0, 0.05) is 19.4 Å². The van der Waals surface area contributed by atoms with Crippen LogP contribution >= 0.6 is 0 Å². The Balaban J connectivity index is 2.89. The van der Waals surface area contributed by atoms with Crippen molar-refractivity contribution < 1.29 is 48.9 Å². The van der Waals surface area contributed by atoms with Gasteiger partial charge in [-0.2, -0.15) is 0 Å². The van der Waals surface area contributed by atoms with Crippen molar-refractivity contribution in [2.75, 3.05) is 26.2 Å². The number of benzene rings is 1. The highest BCUT2D eigenvalue weighted by Crippen LogP contribution is 2.11. The number of carbonyl (C=O) groups excluding carboxylic acids is 6. The van der Waals surface area contributed by atoms with Gasteiger partial charge in [-0.05, 0) is 37.0 Å². The van der Waals surface area contributed by atoms with E-state index in [4.69, 9.17) is 22.9 Å². The van der Waals surface area contributed by atoms with Crippen LogP contribution in [0.15, 0.2) is 29.3 Å².